The van der Waals surface area contributed by atoms with Gasteiger partial charge in [-0.15, -0.1) is 0 Å². The lowest BCUT2D eigenvalue weighted by Crippen LogP contribution is -2.33. The molecule has 1 aliphatic rings. The molecule has 96 valence electrons. The minimum Gasteiger partial charge on any atom is -0.383 e. The second kappa shape index (κ2) is 7.00. The van der Waals surface area contributed by atoms with Crippen LogP contribution in [0.2, 0.25) is 0 Å². The largest absolute Gasteiger partial charge is 0.383 e. The number of benzene rings is 1. The van der Waals surface area contributed by atoms with Crippen molar-refractivity contribution in [1.82, 2.24) is 5.32 Å². The fourth-order valence-corrected chi connectivity index (χ4v) is 2.05. The Morgan fingerprint density at radius 3 is 2.67 bits per heavy atom. The van der Waals surface area contributed by atoms with Gasteiger partial charge in [0.25, 0.3) is 0 Å². The second-order valence-corrected chi connectivity index (χ2v) is 4.44. The molecule has 1 heterocycles. The van der Waals surface area contributed by atoms with Crippen molar-refractivity contribution in [3.63, 3.8) is 0 Å². The zero-order valence-corrected chi connectivity index (χ0v) is 10.5. The van der Waals surface area contributed by atoms with Gasteiger partial charge in [-0.25, -0.2) is 0 Å². The fraction of sp³-hybridized carbons (Fsp3) is 0.500. The Morgan fingerprint density at radius 1 is 1.28 bits per heavy atom. The molecule has 1 fully saturated rings. The molecule has 0 aliphatic carbocycles. The van der Waals surface area contributed by atoms with E-state index in [0.717, 1.165) is 44.8 Å². The molecule has 1 aromatic carbocycles. The Labute approximate surface area is 108 Å². The summed E-state index contributed by atoms with van der Waals surface area (Å²) in [5.74, 6) is 0. The smallest absolute Gasteiger partial charge is 0.0991 e. The van der Waals surface area contributed by atoms with Crippen LogP contribution in [0.3, 0.4) is 0 Å². The monoisotopic (exact) mass is 245 g/mol. The predicted octanol–water partition coefficient (Wildman–Crippen LogP) is 1.74. The number of anilines is 1. The molecule has 0 atom stereocenters. The first-order valence-electron chi connectivity index (χ1n) is 6.45. The summed E-state index contributed by atoms with van der Waals surface area (Å²) in [6, 6.07) is 9.58. The molecule has 2 rings (SSSR count). The molecule has 0 unspecified atom stereocenters. The third kappa shape index (κ3) is 4.02. The van der Waals surface area contributed by atoms with Crippen molar-refractivity contribution < 1.29 is 4.74 Å². The maximum atomic E-state index is 8.69. The lowest BCUT2D eigenvalue weighted by molar-refractivity contribution is 0.0394. The molecule has 1 aromatic rings. The van der Waals surface area contributed by atoms with Crippen molar-refractivity contribution in [3.05, 3.63) is 29.8 Å². The van der Waals surface area contributed by atoms with E-state index in [2.05, 4.69) is 16.7 Å². The molecular weight excluding hydrogens is 226 g/mol. The van der Waals surface area contributed by atoms with Crippen LogP contribution in [0.5, 0.6) is 0 Å². The Hall–Kier alpha value is -1.57. The SMILES string of the molecule is N#Cc1ccc(NCCOC2CCNCC2)cc1. The zero-order valence-electron chi connectivity index (χ0n) is 10.5. The maximum Gasteiger partial charge on any atom is 0.0991 e. The van der Waals surface area contributed by atoms with E-state index in [1.54, 1.807) is 0 Å². The topological polar surface area (TPSA) is 57.1 Å². The molecule has 4 heteroatoms. The normalized spacial score (nSPS) is 16.2. The fourth-order valence-electron chi connectivity index (χ4n) is 2.05. The summed E-state index contributed by atoms with van der Waals surface area (Å²) in [4.78, 5) is 0. The van der Waals surface area contributed by atoms with Gasteiger partial charge in [-0.1, -0.05) is 0 Å². The quantitative estimate of drug-likeness (QED) is 0.776. The van der Waals surface area contributed by atoms with Crippen molar-refractivity contribution in [3.8, 4) is 6.07 Å². The van der Waals surface area contributed by atoms with Gasteiger partial charge in [-0.3, -0.25) is 0 Å². The molecule has 0 aromatic heterocycles. The highest BCUT2D eigenvalue weighted by Crippen LogP contribution is 2.09. The molecule has 0 bridgehead atoms. The first kappa shape index (κ1) is 12.9. The Morgan fingerprint density at radius 2 is 2.00 bits per heavy atom. The molecular formula is C14H19N3O. The zero-order chi connectivity index (χ0) is 12.6. The summed E-state index contributed by atoms with van der Waals surface area (Å²) in [5.41, 5.74) is 1.72. The number of nitriles is 1. The van der Waals surface area contributed by atoms with Crippen molar-refractivity contribution in [2.45, 2.75) is 18.9 Å². The first-order chi connectivity index (χ1) is 8.88. The van der Waals surface area contributed by atoms with Crippen LogP contribution >= 0.6 is 0 Å². The standard InChI is InChI=1S/C14H19N3O/c15-11-12-1-3-13(4-2-12)17-9-10-18-14-5-7-16-8-6-14/h1-4,14,16-17H,5-10H2. The molecule has 0 radical (unpaired) electrons. The summed E-state index contributed by atoms with van der Waals surface area (Å²) in [6.45, 7) is 3.65. The van der Waals surface area contributed by atoms with Crippen LogP contribution in [0.15, 0.2) is 24.3 Å². The van der Waals surface area contributed by atoms with E-state index < -0.39 is 0 Å². The van der Waals surface area contributed by atoms with Crippen molar-refractivity contribution >= 4 is 5.69 Å². The average Bonchev–Trinajstić information content (AvgIpc) is 2.45. The highest BCUT2D eigenvalue weighted by Gasteiger charge is 2.12. The Kier molecular flexibility index (Phi) is 5.00. The highest BCUT2D eigenvalue weighted by atomic mass is 16.5. The van der Waals surface area contributed by atoms with Gasteiger partial charge in [0.15, 0.2) is 0 Å². The van der Waals surface area contributed by atoms with E-state index in [0.29, 0.717) is 11.7 Å². The van der Waals surface area contributed by atoms with Gasteiger partial charge in [0.2, 0.25) is 0 Å². The Balaban J connectivity index is 1.63. The van der Waals surface area contributed by atoms with Gasteiger partial charge < -0.3 is 15.4 Å². The summed E-state index contributed by atoms with van der Waals surface area (Å²) in [6.07, 6.45) is 2.63. The lowest BCUT2D eigenvalue weighted by atomic mass is 10.1. The van der Waals surface area contributed by atoms with Crippen LogP contribution in [0.25, 0.3) is 0 Å². The van der Waals surface area contributed by atoms with E-state index >= 15 is 0 Å². The van der Waals surface area contributed by atoms with Crippen molar-refractivity contribution in [2.24, 2.45) is 0 Å². The van der Waals surface area contributed by atoms with Gasteiger partial charge in [0, 0.05) is 12.2 Å². The van der Waals surface area contributed by atoms with E-state index in [-0.39, 0.29) is 0 Å². The van der Waals surface area contributed by atoms with Gasteiger partial charge in [-0.2, -0.15) is 5.26 Å². The van der Waals surface area contributed by atoms with E-state index in [1.807, 2.05) is 24.3 Å². The molecule has 0 saturated carbocycles. The predicted molar refractivity (Wildman–Crippen MR) is 71.5 cm³/mol. The number of hydrogen-bond donors (Lipinski definition) is 2. The van der Waals surface area contributed by atoms with Crippen LogP contribution in [0.1, 0.15) is 18.4 Å². The van der Waals surface area contributed by atoms with Crippen LogP contribution in [0.4, 0.5) is 5.69 Å². The number of ether oxygens (including phenoxy) is 1. The van der Waals surface area contributed by atoms with Gasteiger partial charge >= 0.3 is 0 Å². The third-order valence-corrected chi connectivity index (χ3v) is 3.08. The first-order valence-corrected chi connectivity index (χ1v) is 6.45. The molecule has 1 aliphatic heterocycles. The molecule has 0 spiro atoms. The van der Waals surface area contributed by atoms with E-state index in [1.165, 1.54) is 0 Å². The van der Waals surface area contributed by atoms with Crippen molar-refractivity contribution in [1.29, 1.82) is 5.26 Å². The van der Waals surface area contributed by atoms with Gasteiger partial charge in [-0.05, 0) is 50.2 Å². The minimum absolute atomic E-state index is 0.411. The van der Waals surface area contributed by atoms with E-state index in [4.69, 9.17) is 10.00 Å². The van der Waals surface area contributed by atoms with Crippen LogP contribution in [0, 0.1) is 11.3 Å². The number of hydrogen-bond acceptors (Lipinski definition) is 4. The van der Waals surface area contributed by atoms with Crippen LogP contribution < -0.4 is 10.6 Å². The van der Waals surface area contributed by atoms with Crippen LogP contribution in [-0.4, -0.2) is 32.3 Å². The molecule has 4 nitrogen and oxygen atoms in total. The lowest BCUT2D eigenvalue weighted by Gasteiger charge is -2.23. The highest BCUT2D eigenvalue weighted by molar-refractivity contribution is 5.47. The summed E-state index contributed by atoms with van der Waals surface area (Å²) in [7, 11) is 0. The Bertz CT molecular complexity index is 390. The molecule has 18 heavy (non-hydrogen) atoms. The van der Waals surface area contributed by atoms with Crippen molar-refractivity contribution in [2.75, 3.05) is 31.6 Å². The molecule has 0 amide bonds. The minimum atomic E-state index is 0.411. The molecule has 2 N–H and O–H groups in total. The van der Waals surface area contributed by atoms with Gasteiger partial charge in [0.1, 0.15) is 0 Å². The number of rotatable bonds is 5. The third-order valence-electron chi connectivity index (χ3n) is 3.08. The average molecular weight is 245 g/mol. The van der Waals surface area contributed by atoms with Gasteiger partial charge in [0.05, 0.1) is 24.3 Å². The summed E-state index contributed by atoms with van der Waals surface area (Å²) in [5, 5.41) is 15.3. The number of nitrogens with one attached hydrogen (secondary N) is 2. The van der Waals surface area contributed by atoms with E-state index in [9.17, 15) is 0 Å². The van der Waals surface area contributed by atoms with Crippen LogP contribution in [-0.2, 0) is 4.74 Å². The molecule has 1 saturated heterocycles. The number of piperidine rings is 1. The summed E-state index contributed by atoms with van der Waals surface area (Å²) >= 11 is 0. The second-order valence-electron chi connectivity index (χ2n) is 4.44. The summed E-state index contributed by atoms with van der Waals surface area (Å²) < 4.78 is 5.79. The maximum absolute atomic E-state index is 8.69. The number of nitrogens with zero attached hydrogens (tertiary/aromatic N) is 1.